The molecule has 0 aromatic heterocycles. The van der Waals surface area contributed by atoms with Gasteiger partial charge in [0.25, 0.3) is 5.91 Å². The Hall–Kier alpha value is -5.23. The van der Waals surface area contributed by atoms with Gasteiger partial charge in [0, 0.05) is 5.56 Å². The molecule has 0 fully saturated rings. The zero-order valence-electron chi connectivity index (χ0n) is 20.4. The second-order valence-electron chi connectivity index (χ2n) is 8.43. The molecule has 0 aliphatic rings. The zero-order valence-corrected chi connectivity index (χ0v) is 20.4. The molecule has 0 saturated carbocycles. The van der Waals surface area contributed by atoms with Gasteiger partial charge in [-0.15, -0.1) is 0 Å². The molecule has 0 atom stereocenters. The van der Waals surface area contributed by atoms with Crippen molar-refractivity contribution in [2.45, 2.75) is 0 Å². The molecule has 0 heterocycles. The summed E-state index contributed by atoms with van der Waals surface area (Å²) in [7, 11) is 0. The number of esters is 1. The van der Waals surface area contributed by atoms with Crippen molar-refractivity contribution in [1.82, 2.24) is 5.43 Å². The van der Waals surface area contributed by atoms with Crippen LogP contribution in [0.15, 0.2) is 126 Å². The average molecular weight is 501 g/mol. The summed E-state index contributed by atoms with van der Waals surface area (Å²) in [5, 5.41) is 5.88. The number of fused-ring (bicyclic) bond motifs is 1. The van der Waals surface area contributed by atoms with Crippen LogP contribution in [-0.2, 0) is 4.79 Å². The molecule has 0 bridgehead atoms. The molecule has 5 rings (SSSR count). The molecule has 0 spiro atoms. The number of nitrogens with one attached hydrogen (secondary N) is 1. The van der Waals surface area contributed by atoms with E-state index < -0.39 is 11.9 Å². The first-order valence-corrected chi connectivity index (χ1v) is 12.1. The Morgan fingerprint density at radius 3 is 2.13 bits per heavy atom. The Labute approximate surface area is 220 Å². The van der Waals surface area contributed by atoms with Gasteiger partial charge in [0.05, 0.1) is 11.8 Å². The van der Waals surface area contributed by atoms with Crippen LogP contribution in [0.25, 0.3) is 21.9 Å². The number of benzene rings is 5. The van der Waals surface area contributed by atoms with Gasteiger partial charge in [-0.1, -0.05) is 91.0 Å². The average Bonchev–Trinajstić information content (AvgIpc) is 2.98. The Kier molecular flexibility index (Phi) is 7.51. The molecule has 0 aliphatic heterocycles. The first-order chi connectivity index (χ1) is 18.7. The monoisotopic (exact) mass is 500 g/mol. The Balaban J connectivity index is 1.25. The lowest BCUT2D eigenvalue weighted by Gasteiger charge is -2.10. The number of nitrogens with zero attached hydrogens (tertiary/aromatic N) is 1. The summed E-state index contributed by atoms with van der Waals surface area (Å²) in [6.45, 7) is -0.201. The van der Waals surface area contributed by atoms with Crippen molar-refractivity contribution in [3.05, 3.63) is 132 Å². The molecule has 0 aliphatic carbocycles. The highest BCUT2D eigenvalue weighted by Crippen LogP contribution is 2.27. The lowest BCUT2D eigenvalue weighted by Crippen LogP contribution is -2.24. The van der Waals surface area contributed by atoms with Crippen molar-refractivity contribution in [1.29, 1.82) is 0 Å². The number of amides is 1. The van der Waals surface area contributed by atoms with Crippen molar-refractivity contribution >= 4 is 28.9 Å². The normalized spacial score (nSPS) is 10.8. The SMILES string of the molecule is O=C(COc1ccc(-c2ccccc2)cc1)N/N=C\c1c(OC(=O)c2ccccc2)ccc2ccccc12. The molecule has 6 nitrogen and oxygen atoms in total. The lowest BCUT2D eigenvalue weighted by atomic mass is 10.0. The van der Waals surface area contributed by atoms with Gasteiger partial charge in [-0.3, -0.25) is 4.79 Å². The molecule has 0 unspecified atom stereocenters. The Bertz CT molecular complexity index is 1580. The predicted octanol–water partition coefficient (Wildman–Crippen LogP) is 6.26. The molecular weight excluding hydrogens is 476 g/mol. The third kappa shape index (κ3) is 5.94. The molecule has 186 valence electrons. The van der Waals surface area contributed by atoms with Crippen molar-refractivity contribution in [2.75, 3.05) is 6.61 Å². The van der Waals surface area contributed by atoms with Crippen LogP contribution in [0.3, 0.4) is 0 Å². The van der Waals surface area contributed by atoms with Gasteiger partial charge < -0.3 is 9.47 Å². The number of ether oxygens (including phenoxy) is 2. The maximum absolute atomic E-state index is 12.7. The van der Waals surface area contributed by atoms with Crippen molar-refractivity contribution in [3.8, 4) is 22.6 Å². The van der Waals surface area contributed by atoms with E-state index in [0.717, 1.165) is 21.9 Å². The number of hydrogen-bond acceptors (Lipinski definition) is 5. The first-order valence-electron chi connectivity index (χ1n) is 12.1. The number of hydrogen-bond donors (Lipinski definition) is 1. The third-order valence-corrected chi connectivity index (χ3v) is 5.86. The Morgan fingerprint density at radius 2 is 1.37 bits per heavy atom. The van der Waals surface area contributed by atoms with Crippen LogP contribution in [0.2, 0.25) is 0 Å². The highest BCUT2D eigenvalue weighted by atomic mass is 16.5. The van der Waals surface area contributed by atoms with E-state index in [1.807, 2.05) is 91.0 Å². The van der Waals surface area contributed by atoms with E-state index in [4.69, 9.17) is 9.47 Å². The van der Waals surface area contributed by atoms with Crippen molar-refractivity contribution in [3.63, 3.8) is 0 Å². The van der Waals surface area contributed by atoms with Gasteiger partial charge in [0.2, 0.25) is 0 Å². The summed E-state index contributed by atoms with van der Waals surface area (Å²) in [6.07, 6.45) is 1.47. The van der Waals surface area contributed by atoms with E-state index in [9.17, 15) is 9.59 Å². The summed E-state index contributed by atoms with van der Waals surface area (Å²) >= 11 is 0. The van der Waals surface area contributed by atoms with E-state index in [-0.39, 0.29) is 6.61 Å². The Morgan fingerprint density at radius 1 is 0.711 bits per heavy atom. The zero-order chi connectivity index (χ0) is 26.2. The minimum atomic E-state index is -0.480. The van der Waals surface area contributed by atoms with Crippen LogP contribution in [0.1, 0.15) is 15.9 Å². The van der Waals surface area contributed by atoms with Gasteiger partial charge in [-0.05, 0) is 52.2 Å². The fourth-order valence-electron chi connectivity index (χ4n) is 3.95. The maximum Gasteiger partial charge on any atom is 0.343 e. The minimum absolute atomic E-state index is 0.201. The predicted molar refractivity (Wildman–Crippen MR) is 148 cm³/mol. The van der Waals surface area contributed by atoms with Gasteiger partial charge in [-0.25, -0.2) is 10.2 Å². The lowest BCUT2D eigenvalue weighted by molar-refractivity contribution is -0.123. The molecule has 38 heavy (non-hydrogen) atoms. The topological polar surface area (TPSA) is 77.0 Å². The summed E-state index contributed by atoms with van der Waals surface area (Å²) < 4.78 is 11.3. The van der Waals surface area contributed by atoms with Gasteiger partial charge in [0.15, 0.2) is 6.61 Å². The highest BCUT2D eigenvalue weighted by Gasteiger charge is 2.13. The molecular formula is C32H24N2O4. The van der Waals surface area contributed by atoms with E-state index in [0.29, 0.717) is 22.6 Å². The van der Waals surface area contributed by atoms with Crippen LogP contribution < -0.4 is 14.9 Å². The van der Waals surface area contributed by atoms with Crippen LogP contribution in [0, 0.1) is 0 Å². The van der Waals surface area contributed by atoms with Crippen LogP contribution in [0.4, 0.5) is 0 Å². The third-order valence-electron chi connectivity index (χ3n) is 5.86. The summed E-state index contributed by atoms with van der Waals surface area (Å²) in [6, 6.07) is 37.5. The molecule has 1 N–H and O–H groups in total. The van der Waals surface area contributed by atoms with Crippen molar-refractivity contribution in [2.24, 2.45) is 5.10 Å². The molecule has 5 aromatic rings. The quantitative estimate of drug-likeness (QED) is 0.118. The van der Waals surface area contributed by atoms with E-state index >= 15 is 0 Å². The van der Waals surface area contributed by atoms with E-state index in [1.54, 1.807) is 30.3 Å². The number of carbonyl (C=O) groups excluding carboxylic acids is 2. The van der Waals surface area contributed by atoms with Crippen LogP contribution >= 0.6 is 0 Å². The number of carbonyl (C=O) groups is 2. The summed E-state index contributed by atoms with van der Waals surface area (Å²) in [4.78, 5) is 25.0. The summed E-state index contributed by atoms with van der Waals surface area (Å²) in [5.41, 5.74) is 5.66. The maximum atomic E-state index is 12.7. The number of hydrazone groups is 1. The fourth-order valence-corrected chi connectivity index (χ4v) is 3.95. The number of rotatable bonds is 8. The van der Waals surface area contributed by atoms with E-state index in [2.05, 4.69) is 10.5 Å². The molecule has 0 saturated heterocycles. The first kappa shape index (κ1) is 24.5. The summed E-state index contributed by atoms with van der Waals surface area (Å²) in [5.74, 6) is 0.0148. The molecule has 1 amide bonds. The van der Waals surface area contributed by atoms with Gasteiger partial charge in [-0.2, -0.15) is 5.10 Å². The largest absolute Gasteiger partial charge is 0.484 e. The minimum Gasteiger partial charge on any atom is -0.484 e. The second kappa shape index (κ2) is 11.7. The smallest absolute Gasteiger partial charge is 0.343 e. The standard InChI is InChI=1S/C32H24N2O4/c35-31(22-37-27-18-15-24(16-19-27)23-9-3-1-4-10-23)34-33-21-29-28-14-8-7-11-25(28)17-20-30(29)38-32(36)26-12-5-2-6-13-26/h1-21H,22H2,(H,34,35)/b33-21-. The van der Waals surface area contributed by atoms with E-state index in [1.165, 1.54) is 6.21 Å². The molecule has 6 heteroatoms. The second-order valence-corrected chi connectivity index (χ2v) is 8.43. The van der Waals surface area contributed by atoms with Crippen molar-refractivity contribution < 1.29 is 19.1 Å². The van der Waals surface area contributed by atoms with Gasteiger partial charge >= 0.3 is 5.97 Å². The molecule has 5 aromatic carbocycles. The highest BCUT2D eigenvalue weighted by molar-refractivity contribution is 6.04. The van der Waals surface area contributed by atoms with Crippen LogP contribution in [-0.4, -0.2) is 24.7 Å². The fraction of sp³-hybridized carbons (Fsp3) is 0.0312. The molecule has 0 radical (unpaired) electrons. The van der Waals surface area contributed by atoms with Gasteiger partial charge in [0.1, 0.15) is 11.5 Å². The van der Waals surface area contributed by atoms with Crippen LogP contribution in [0.5, 0.6) is 11.5 Å².